The van der Waals surface area contributed by atoms with Gasteiger partial charge in [0.25, 0.3) is 0 Å². The first kappa shape index (κ1) is 28.3. The lowest BCUT2D eigenvalue weighted by atomic mass is 9.97. The smallest absolute Gasteiger partial charge is 0.326 e. The maximum Gasteiger partial charge on any atom is 0.326 e. The maximum atomic E-state index is 12.8. The lowest BCUT2D eigenvalue weighted by molar-refractivity contribution is -0.143. The van der Waals surface area contributed by atoms with Gasteiger partial charge in [-0.05, 0) is 38.1 Å². The lowest BCUT2D eigenvalue weighted by Gasteiger charge is -2.27. The third-order valence-electron chi connectivity index (χ3n) is 4.84. The average Bonchev–Trinajstić information content (AvgIpc) is 2.72. The van der Waals surface area contributed by atoms with E-state index in [1.165, 1.54) is 0 Å². The third kappa shape index (κ3) is 11.3. The standard InChI is InChI=1S/C19H35N5O7/c1-3-11(2)16(24-14(25)10-21)18(29)22-12(7-8-15(26)27)17(28)23-13(19(30)31)6-4-5-9-20/h11-13,16H,3-10,20-21H2,1-2H3,(H,22,29)(H,23,28)(H,24,25)(H,26,27)(H,30,31). The highest BCUT2D eigenvalue weighted by molar-refractivity contribution is 5.93. The van der Waals surface area contributed by atoms with Crippen LogP contribution in [0, 0.1) is 5.92 Å². The molecular formula is C19H35N5O7. The van der Waals surface area contributed by atoms with Crippen molar-refractivity contribution in [2.24, 2.45) is 17.4 Å². The summed E-state index contributed by atoms with van der Waals surface area (Å²) in [4.78, 5) is 59.5. The number of carbonyl (C=O) groups excluding carboxylic acids is 3. The molecule has 178 valence electrons. The topological polar surface area (TPSA) is 214 Å². The van der Waals surface area contributed by atoms with Gasteiger partial charge in [0.1, 0.15) is 18.1 Å². The predicted octanol–water partition coefficient (Wildman–Crippen LogP) is -1.48. The van der Waals surface area contributed by atoms with Crippen LogP contribution in [0.5, 0.6) is 0 Å². The Morgan fingerprint density at radius 2 is 1.48 bits per heavy atom. The number of hydrogen-bond donors (Lipinski definition) is 7. The van der Waals surface area contributed by atoms with Crippen LogP contribution in [0.15, 0.2) is 0 Å². The number of unbranched alkanes of at least 4 members (excludes halogenated alkanes) is 1. The zero-order valence-corrected chi connectivity index (χ0v) is 18.1. The molecule has 0 bridgehead atoms. The van der Waals surface area contributed by atoms with Crippen LogP contribution in [-0.4, -0.2) is 71.1 Å². The molecule has 0 aliphatic carbocycles. The molecule has 0 rings (SSSR count). The summed E-state index contributed by atoms with van der Waals surface area (Å²) < 4.78 is 0. The molecule has 0 aromatic carbocycles. The molecule has 0 saturated carbocycles. The molecule has 0 aliphatic heterocycles. The number of carbonyl (C=O) groups is 5. The fraction of sp³-hybridized carbons (Fsp3) is 0.737. The summed E-state index contributed by atoms with van der Waals surface area (Å²) in [5.41, 5.74) is 10.7. The van der Waals surface area contributed by atoms with Gasteiger partial charge in [-0.3, -0.25) is 19.2 Å². The number of hydrogen-bond acceptors (Lipinski definition) is 7. The molecular weight excluding hydrogens is 410 g/mol. The Hall–Kier alpha value is -2.73. The number of carboxylic acids is 2. The SMILES string of the molecule is CCC(C)C(NC(=O)CN)C(=O)NC(CCC(=O)O)C(=O)NC(CCCCN)C(=O)O. The fourth-order valence-corrected chi connectivity index (χ4v) is 2.75. The average molecular weight is 446 g/mol. The Morgan fingerprint density at radius 1 is 0.871 bits per heavy atom. The van der Waals surface area contributed by atoms with Gasteiger partial charge in [-0.2, -0.15) is 0 Å². The summed E-state index contributed by atoms with van der Waals surface area (Å²) in [5.74, 6) is -4.78. The molecule has 0 aromatic rings. The van der Waals surface area contributed by atoms with Gasteiger partial charge in [-0.15, -0.1) is 0 Å². The second-order valence-electron chi connectivity index (χ2n) is 7.31. The van der Waals surface area contributed by atoms with Gasteiger partial charge >= 0.3 is 11.9 Å². The molecule has 9 N–H and O–H groups in total. The molecule has 12 heteroatoms. The Morgan fingerprint density at radius 3 is 1.97 bits per heavy atom. The third-order valence-corrected chi connectivity index (χ3v) is 4.84. The van der Waals surface area contributed by atoms with E-state index in [1.54, 1.807) is 6.92 Å². The van der Waals surface area contributed by atoms with Gasteiger partial charge in [0.05, 0.1) is 6.54 Å². The molecule has 3 amide bonds. The first-order valence-corrected chi connectivity index (χ1v) is 10.3. The van der Waals surface area contributed by atoms with E-state index >= 15 is 0 Å². The summed E-state index contributed by atoms with van der Waals surface area (Å²) in [6.07, 6.45) is 1.06. The number of carboxylic acid groups (broad SMARTS) is 2. The van der Waals surface area contributed by atoms with Crippen LogP contribution in [0.2, 0.25) is 0 Å². The summed E-state index contributed by atoms with van der Waals surface area (Å²) in [6.45, 7) is 3.59. The first-order chi connectivity index (χ1) is 14.6. The molecule has 0 radical (unpaired) electrons. The number of rotatable bonds is 16. The van der Waals surface area contributed by atoms with Crippen LogP contribution in [0.25, 0.3) is 0 Å². The number of nitrogens with two attached hydrogens (primary N) is 2. The van der Waals surface area contributed by atoms with E-state index in [1.807, 2.05) is 6.92 Å². The van der Waals surface area contributed by atoms with Crippen LogP contribution >= 0.6 is 0 Å². The summed E-state index contributed by atoms with van der Waals surface area (Å²) in [5, 5.41) is 25.6. The van der Waals surface area contributed by atoms with Crippen LogP contribution < -0.4 is 27.4 Å². The number of aliphatic carboxylic acids is 2. The number of amides is 3. The van der Waals surface area contributed by atoms with E-state index in [9.17, 15) is 29.1 Å². The van der Waals surface area contributed by atoms with Crippen LogP contribution in [0.3, 0.4) is 0 Å². The fourth-order valence-electron chi connectivity index (χ4n) is 2.75. The van der Waals surface area contributed by atoms with Gasteiger partial charge in [0.2, 0.25) is 17.7 Å². The zero-order valence-electron chi connectivity index (χ0n) is 18.1. The van der Waals surface area contributed by atoms with Crippen LogP contribution in [-0.2, 0) is 24.0 Å². The Labute approximate surface area is 181 Å². The highest BCUT2D eigenvalue weighted by Crippen LogP contribution is 2.10. The molecule has 0 heterocycles. The van der Waals surface area contributed by atoms with E-state index in [4.69, 9.17) is 16.6 Å². The number of nitrogens with one attached hydrogen (secondary N) is 3. The predicted molar refractivity (Wildman–Crippen MR) is 112 cm³/mol. The van der Waals surface area contributed by atoms with E-state index in [-0.39, 0.29) is 25.3 Å². The van der Waals surface area contributed by atoms with Crippen molar-refractivity contribution >= 4 is 29.7 Å². The van der Waals surface area contributed by atoms with E-state index in [0.29, 0.717) is 25.8 Å². The Balaban J connectivity index is 5.42. The van der Waals surface area contributed by atoms with Crippen LogP contribution in [0.4, 0.5) is 0 Å². The van der Waals surface area contributed by atoms with Crippen molar-refractivity contribution in [2.75, 3.05) is 13.1 Å². The molecule has 31 heavy (non-hydrogen) atoms. The highest BCUT2D eigenvalue weighted by atomic mass is 16.4. The molecule has 4 unspecified atom stereocenters. The summed E-state index contributed by atoms with van der Waals surface area (Å²) in [7, 11) is 0. The second kappa shape index (κ2) is 15.1. The minimum atomic E-state index is -1.29. The minimum absolute atomic E-state index is 0.139. The van der Waals surface area contributed by atoms with E-state index < -0.39 is 54.2 Å². The first-order valence-electron chi connectivity index (χ1n) is 10.3. The summed E-state index contributed by atoms with van der Waals surface area (Å²) >= 11 is 0. The molecule has 0 spiro atoms. The lowest BCUT2D eigenvalue weighted by Crippen LogP contribution is -2.57. The summed E-state index contributed by atoms with van der Waals surface area (Å²) in [6, 6.07) is -3.48. The van der Waals surface area contributed by atoms with Crippen molar-refractivity contribution in [3.05, 3.63) is 0 Å². The largest absolute Gasteiger partial charge is 0.481 e. The minimum Gasteiger partial charge on any atom is -0.481 e. The zero-order chi connectivity index (χ0) is 24.0. The molecule has 0 fully saturated rings. The normalized spacial score (nSPS) is 14.6. The Bertz CT molecular complexity index is 629. The quantitative estimate of drug-likeness (QED) is 0.138. The van der Waals surface area contributed by atoms with Crippen LogP contribution in [0.1, 0.15) is 52.4 Å². The van der Waals surface area contributed by atoms with Gasteiger partial charge < -0.3 is 37.6 Å². The van der Waals surface area contributed by atoms with Crippen molar-refractivity contribution < 1.29 is 34.2 Å². The molecule has 12 nitrogen and oxygen atoms in total. The molecule has 0 aromatic heterocycles. The van der Waals surface area contributed by atoms with Gasteiger partial charge in [0.15, 0.2) is 0 Å². The van der Waals surface area contributed by atoms with Crippen molar-refractivity contribution in [1.29, 1.82) is 0 Å². The van der Waals surface area contributed by atoms with E-state index in [0.717, 1.165) is 0 Å². The van der Waals surface area contributed by atoms with Gasteiger partial charge in [0, 0.05) is 6.42 Å². The van der Waals surface area contributed by atoms with E-state index in [2.05, 4.69) is 16.0 Å². The highest BCUT2D eigenvalue weighted by Gasteiger charge is 2.31. The maximum absolute atomic E-state index is 12.8. The van der Waals surface area contributed by atoms with Crippen molar-refractivity contribution in [3.8, 4) is 0 Å². The van der Waals surface area contributed by atoms with Crippen molar-refractivity contribution in [3.63, 3.8) is 0 Å². The van der Waals surface area contributed by atoms with Crippen molar-refractivity contribution in [2.45, 2.75) is 70.5 Å². The monoisotopic (exact) mass is 445 g/mol. The second-order valence-corrected chi connectivity index (χ2v) is 7.31. The van der Waals surface area contributed by atoms with Gasteiger partial charge in [-0.1, -0.05) is 20.3 Å². The molecule has 0 aliphatic rings. The molecule has 0 saturated heterocycles. The van der Waals surface area contributed by atoms with Gasteiger partial charge in [-0.25, -0.2) is 4.79 Å². The molecule has 4 atom stereocenters. The Kier molecular flexibility index (Phi) is 13.8. The van der Waals surface area contributed by atoms with Crippen molar-refractivity contribution in [1.82, 2.24) is 16.0 Å².